The fraction of sp³-hybridized carbons (Fsp3) is 0.333. The van der Waals surface area contributed by atoms with Crippen LogP contribution < -0.4 is 24.4 Å². The lowest BCUT2D eigenvalue weighted by atomic mass is 9.95. The topological polar surface area (TPSA) is 114 Å². The van der Waals surface area contributed by atoms with Crippen molar-refractivity contribution in [1.29, 1.82) is 0 Å². The van der Waals surface area contributed by atoms with Crippen LogP contribution in [0, 0.1) is 6.92 Å². The van der Waals surface area contributed by atoms with Gasteiger partial charge in [0, 0.05) is 12.1 Å². The maximum absolute atomic E-state index is 13.9. The molecule has 0 aliphatic heterocycles. The van der Waals surface area contributed by atoms with Gasteiger partial charge in [0.15, 0.2) is 0 Å². The maximum Gasteiger partial charge on any atom is 0.264 e. The highest BCUT2D eigenvalue weighted by atomic mass is 32.2. The van der Waals surface area contributed by atoms with Gasteiger partial charge in [-0.2, -0.15) is 0 Å². The first kappa shape index (κ1) is 28.9. The summed E-state index contributed by atoms with van der Waals surface area (Å²) in [7, 11) is -1.32. The lowest BCUT2D eigenvalue weighted by Gasteiger charge is -2.26. The standard InChI is InChI=1S/C30H35N3O6S/c1-21-13-16-24(17-14-21)40(36,37)33(27-19-23(38-2)15-18-28(27)39-3)20-29(34)32-26-12-8-7-11-25(26)30(35)31-22-9-5-4-6-10-22/h7-8,11-19,22H,4-6,9-10,20H2,1-3H3,(H,31,35)(H,32,34). The molecule has 3 aromatic rings. The van der Waals surface area contributed by atoms with E-state index in [1.807, 2.05) is 6.92 Å². The summed E-state index contributed by atoms with van der Waals surface area (Å²) in [6.07, 6.45) is 5.16. The summed E-state index contributed by atoms with van der Waals surface area (Å²) < 4.78 is 39.5. The van der Waals surface area contributed by atoms with Gasteiger partial charge in [-0.1, -0.05) is 49.1 Å². The molecule has 0 atom stereocenters. The minimum Gasteiger partial charge on any atom is -0.497 e. The molecule has 1 aliphatic rings. The molecule has 0 unspecified atom stereocenters. The fourth-order valence-corrected chi connectivity index (χ4v) is 6.17. The first-order valence-electron chi connectivity index (χ1n) is 13.2. The minimum absolute atomic E-state index is 0.0167. The Morgan fingerprint density at radius 2 is 1.62 bits per heavy atom. The number of nitrogens with one attached hydrogen (secondary N) is 2. The molecule has 0 heterocycles. The Bertz CT molecular complexity index is 1450. The van der Waals surface area contributed by atoms with Crippen LogP contribution in [0.15, 0.2) is 71.6 Å². The van der Waals surface area contributed by atoms with Crippen LogP contribution in [-0.2, 0) is 14.8 Å². The Morgan fingerprint density at radius 3 is 2.30 bits per heavy atom. The number of sulfonamides is 1. The smallest absolute Gasteiger partial charge is 0.264 e. The monoisotopic (exact) mass is 565 g/mol. The van der Waals surface area contributed by atoms with Gasteiger partial charge in [-0.3, -0.25) is 13.9 Å². The van der Waals surface area contributed by atoms with Gasteiger partial charge >= 0.3 is 0 Å². The van der Waals surface area contributed by atoms with Crippen LogP contribution >= 0.6 is 0 Å². The van der Waals surface area contributed by atoms with Crippen LogP contribution in [0.3, 0.4) is 0 Å². The summed E-state index contributed by atoms with van der Waals surface area (Å²) in [4.78, 5) is 26.5. The van der Waals surface area contributed by atoms with E-state index in [0.717, 1.165) is 35.6 Å². The van der Waals surface area contributed by atoms with Crippen molar-refractivity contribution in [2.75, 3.05) is 30.4 Å². The minimum atomic E-state index is -4.20. The second-order valence-corrected chi connectivity index (χ2v) is 11.6. The van der Waals surface area contributed by atoms with E-state index in [9.17, 15) is 18.0 Å². The van der Waals surface area contributed by atoms with Crippen LogP contribution in [0.4, 0.5) is 11.4 Å². The second kappa shape index (κ2) is 12.9. The van der Waals surface area contributed by atoms with Crippen molar-refractivity contribution in [3.05, 3.63) is 77.9 Å². The van der Waals surface area contributed by atoms with Crippen molar-refractivity contribution >= 4 is 33.2 Å². The highest BCUT2D eigenvalue weighted by molar-refractivity contribution is 7.92. The Hall–Kier alpha value is -4.05. The largest absolute Gasteiger partial charge is 0.497 e. The number of carbonyl (C=O) groups excluding carboxylic acids is 2. The summed E-state index contributed by atoms with van der Waals surface area (Å²) in [5, 5.41) is 5.82. The first-order valence-corrected chi connectivity index (χ1v) is 14.7. The molecule has 0 spiro atoms. The zero-order valence-corrected chi connectivity index (χ0v) is 23.8. The molecule has 1 fully saturated rings. The molecule has 9 nitrogen and oxygen atoms in total. The van der Waals surface area contributed by atoms with Crippen LogP contribution in [0.5, 0.6) is 11.5 Å². The Morgan fingerprint density at radius 1 is 0.925 bits per heavy atom. The molecule has 212 valence electrons. The molecule has 10 heteroatoms. The Labute approximate surface area is 235 Å². The van der Waals surface area contributed by atoms with E-state index in [0.29, 0.717) is 17.0 Å². The quantitative estimate of drug-likeness (QED) is 0.361. The van der Waals surface area contributed by atoms with Gasteiger partial charge in [0.25, 0.3) is 15.9 Å². The first-order chi connectivity index (χ1) is 19.2. The summed E-state index contributed by atoms with van der Waals surface area (Å²) in [5.41, 5.74) is 1.64. The van der Waals surface area contributed by atoms with Crippen LogP contribution in [0.25, 0.3) is 0 Å². The average Bonchev–Trinajstić information content (AvgIpc) is 2.96. The van der Waals surface area contributed by atoms with E-state index in [2.05, 4.69) is 10.6 Å². The molecule has 0 aromatic heterocycles. The van der Waals surface area contributed by atoms with Gasteiger partial charge in [0.05, 0.1) is 36.1 Å². The van der Waals surface area contributed by atoms with Crippen molar-refractivity contribution in [2.45, 2.75) is 50.0 Å². The summed E-state index contributed by atoms with van der Waals surface area (Å²) >= 11 is 0. The van der Waals surface area contributed by atoms with Crippen molar-refractivity contribution in [3.63, 3.8) is 0 Å². The van der Waals surface area contributed by atoms with Crippen LogP contribution in [-0.4, -0.2) is 47.0 Å². The average molecular weight is 566 g/mol. The highest BCUT2D eigenvalue weighted by Gasteiger charge is 2.30. The number of hydrogen-bond acceptors (Lipinski definition) is 6. The Balaban J connectivity index is 1.65. The summed E-state index contributed by atoms with van der Waals surface area (Å²) in [5.74, 6) is -0.263. The predicted octanol–water partition coefficient (Wildman–Crippen LogP) is 4.91. The molecule has 0 radical (unpaired) electrons. The lowest BCUT2D eigenvalue weighted by molar-refractivity contribution is -0.114. The normalized spacial score (nSPS) is 13.8. The molecular formula is C30H35N3O6S. The second-order valence-electron chi connectivity index (χ2n) is 9.76. The summed E-state index contributed by atoms with van der Waals surface area (Å²) in [6, 6.07) is 17.9. The molecule has 2 amide bonds. The molecular weight excluding hydrogens is 530 g/mol. The van der Waals surface area contributed by atoms with Crippen LogP contribution in [0.2, 0.25) is 0 Å². The third kappa shape index (κ3) is 6.74. The van der Waals surface area contributed by atoms with E-state index in [4.69, 9.17) is 9.47 Å². The van der Waals surface area contributed by atoms with E-state index < -0.39 is 22.5 Å². The van der Waals surface area contributed by atoms with Gasteiger partial charge in [-0.15, -0.1) is 0 Å². The molecule has 1 saturated carbocycles. The zero-order chi connectivity index (χ0) is 28.7. The van der Waals surface area contributed by atoms with Gasteiger partial charge in [-0.25, -0.2) is 8.42 Å². The van der Waals surface area contributed by atoms with E-state index >= 15 is 0 Å². The molecule has 3 aromatic carbocycles. The highest BCUT2D eigenvalue weighted by Crippen LogP contribution is 2.36. The van der Waals surface area contributed by atoms with E-state index in [1.165, 1.54) is 38.8 Å². The molecule has 40 heavy (non-hydrogen) atoms. The molecule has 0 saturated heterocycles. The van der Waals surface area contributed by atoms with Crippen molar-refractivity contribution in [3.8, 4) is 11.5 Å². The number of anilines is 2. The van der Waals surface area contributed by atoms with E-state index in [1.54, 1.807) is 48.5 Å². The lowest BCUT2D eigenvalue weighted by Crippen LogP contribution is -2.39. The summed E-state index contributed by atoms with van der Waals surface area (Å²) in [6.45, 7) is 1.28. The molecule has 4 rings (SSSR count). The van der Waals surface area contributed by atoms with Crippen molar-refractivity contribution in [1.82, 2.24) is 5.32 Å². The number of rotatable bonds is 10. The maximum atomic E-state index is 13.9. The molecule has 0 bridgehead atoms. The van der Waals surface area contributed by atoms with Gasteiger partial charge in [0.1, 0.15) is 18.0 Å². The SMILES string of the molecule is COc1ccc(OC)c(N(CC(=O)Nc2ccccc2C(=O)NC2CCCCC2)S(=O)(=O)c2ccc(C)cc2)c1. The number of methoxy groups -OCH3 is 2. The third-order valence-electron chi connectivity index (χ3n) is 6.94. The molecule has 2 N–H and O–H groups in total. The van der Waals surface area contributed by atoms with Crippen molar-refractivity contribution < 1.29 is 27.5 Å². The Kier molecular flexibility index (Phi) is 9.31. The fourth-order valence-electron chi connectivity index (χ4n) is 4.75. The number of aryl methyl sites for hydroxylation is 1. The van der Waals surface area contributed by atoms with Crippen molar-refractivity contribution in [2.24, 2.45) is 0 Å². The molecule has 1 aliphatic carbocycles. The number of hydrogen-bond donors (Lipinski definition) is 2. The number of benzene rings is 3. The number of ether oxygens (including phenoxy) is 2. The number of carbonyl (C=O) groups is 2. The third-order valence-corrected chi connectivity index (χ3v) is 8.71. The van der Waals surface area contributed by atoms with Gasteiger partial charge in [-0.05, 0) is 56.2 Å². The number of nitrogens with zero attached hydrogens (tertiary/aromatic N) is 1. The number of para-hydroxylation sites is 1. The van der Waals surface area contributed by atoms with Gasteiger partial charge < -0.3 is 20.1 Å². The zero-order valence-electron chi connectivity index (χ0n) is 23.0. The van der Waals surface area contributed by atoms with Crippen LogP contribution in [0.1, 0.15) is 48.0 Å². The van der Waals surface area contributed by atoms with Gasteiger partial charge in [0.2, 0.25) is 5.91 Å². The predicted molar refractivity (Wildman–Crippen MR) is 155 cm³/mol. The van der Waals surface area contributed by atoms with E-state index in [-0.39, 0.29) is 28.3 Å². The number of amides is 2.